The summed E-state index contributed by atoms with van der Waals surface area (Å²) in [5, 5.41) is 0. The lowest BCUT2D eigenvalue weighted by atomic mass is 10.0. The third-order valence-electron chi connectivity index (χ3n) is 4.12. The van der Waals surface area contributed by atoms with E-state index in [0.29, 0.717) is 18.4 Å². The van der Waals surface area contributed by atoms with Crippen molar-refractivity contribution in [1.29, 1.82) is 0 Å². The molecule has 0 saturated carbocycles. The molecule has 2 rings (SSSR count). The first kappa shape index (κ1) is 16.8. The minimum atomic E-state index is 0.227. The number of benzene rings is 1. The second-order valence-corrected chi connectivity index (χ2v) is 6.51. The molecule has 0 bridgehead atoms. The molecule has 0 spiro atoms. The second-order valence-electron chi connectivity index (χ2n) is 6.51. The number of nitrogens with zero attached hydrogens (tertiary/aromatic N) is 1. The zero-order valence-electron chi connectivity index (χ0n) is 13.8. The Kier molecular flexibility index (Phi) is 6.25. The van der Waals surface area contributed by atoms with E-state index in [-0.39, 0.29) is 5.91 Å². The Labute approximate surface area is 133 Å². The molecule has 2 N–H and O–H groups in total. The van der Waals surface area contributed by atoms with E-state index >= 15 is 0 Å². The molecule has 1 aliphatic heterocycles. The van der Waals surface area contributed by atoms with Crippen LogP contribution in [0.25, 0.3) is 0 Å². The summed E-state index contributed by atoms with van der Waals surface area (Å²) in [5.41, 5.74) is 7.75. The molecule has 122 valence electrons. The normalized spacial score (nSPS) is 16.2. The Hall–Kier alpha value is -1.55. The number of carbonyl (C=O) groups is 1. The van der Waals surface area contributed by atoms with Crippen LogP contribution in [0.1, 0.15) is 38.7 Å². The topological polar surface area (TPSA) is 55.6 Å². The van der Waals surface area contributed by atoms with Crippen LogP contribution in [-0.2, 0) is 16.0 Å². The number of hydrogen-bond acceptors (Lipinski definition) is 3. The number of ether oxygens (including phenoxy) is 1. The van der Waals surface area contributed by atoms with Gasteiger partial charge < -0.3 is 15.4 Å². The van der Waals surface area contributed by atoms with Gasteiger partial charge in [0.2, 0.25) is 5.91 Å². The Bertz CT molecular complexity index is 480. The van der Waals surface area contributed by atoms with Gasteiger partial charge in [0, 0.05) is 31.8 Å². The third kappa shape index (κ3) is 5.02. The zero-order valence-corrected chi connectivity index (χ0v) is 13.8. The van der Waals surface area contributed by atoms with Gasteiger partial charge in [-0.3, -0.25) is 4.79 Å². The monoisotopic (exact) mass is 304 g/mol. The van der Waals surface area contributed by atoms with Crippen molar-refractivity contribution in [2.24, 2.45) is 5.92 Å². The van der Waals surface area contributed by atoms with Crippen molar-refractivity contribution in [1.82, 2.24) is 4.90 Å². The standard InChI is InChI=1S/C18H28N2O2/c1-14(2)13-22-16-9-11-20(12-10-16)18(21)8-7-15-5-3-4-6-17(15)19/h3-6,14,16H,7-13,19H2,1-2H3. The molecule has 0 radical (unpaired) electrons. The number of amides is 1. The maximum atomic E-state index is 12.3. The predicted molar refractivity (Wildman–Crippen MR) is 89.6 cm³/mol. The summed E-state index contributed by atoms with van der Waals surface area (Å²) in [6.07, 6.45) is 3.47. The highest BCUT2D eigenvalue weighted by Crippen LogP contribution is 2.17. The lowest BCUT2D eigenvalue weighted by molar-refractivity contribution is -0.133. The maximum absolute atomic E-state index is 12.3. The van der Waals surface area contributed by atoms with E-state index in [1.807, 2.05) is 29.2 Å². The number of carbonyl (C=O) groups excluding carboxylic acids is 1. The number of hydrogen-bond donors (Lipinski definition) is 1. The summed E-state index contributed by atoms with van der Waals surface area (Å²) in [7, 11) is 0. The molecule has 4 heteroatoms. The predicted octanol–water partition coefficient (Wildman–Crippen LogP) is 2.87. The Morgan fingerprint density at radius 2 is 2.00 bits per heavy atom. The van der Waals surface area contributed by atoms with Gasteiger partial charge in [0.05, 0.1) is 6.10 Å². The van der Waals surface area contributed by atoms with Crippen LogP contribution in [0.4, 0.5) is 5.69 Å². The largest absolute Gasteiger partial charge is 0.399 e. The summed E-state index contributed by atoms with van der Waals surface area (Å²) >= 11 is 0. The second kappa shape index (κ2) is 8.18. The van der Waals surface area contributed by atoms with Crippen LogP contribution in [0.2, 0.25) is 0 Å². The van der Waals surface area contributed by atoms with Gasteiger partial charge in [-0.1, -0.05) is 32.0 Å². The highest BCUT2D eigenvalue weighted by Gasteiger charge is 2.23. The van der Waals surface area contributed by atoms with Crippen LogP contribution in [0.5, 0.6) is 0 Å². The molecule has 1 aromatic carbocycles. The number of nitrogen functional groups attached to an aromatic ring is 1. The van der Waals surface area contributed by atoms with E-state index in [9.17, 15) is 4.79 Å². The highest BCUT2D eigenvalue weighted by atomic mass is 16.5. The Morgan fingerprint density at radius 3 is 2.64 bits per heavy atom. The summed E-state index contributed by atoms with van der Waals surface area (Å²) < 4.78 is 5.86. The number of para-hydroxylation sites is 1. The zero-order chi connectivity index (χ0) is 15.9. The van der Waals surface area contributed by atoms with Crippen molar-refractivity contribution in [3.63, 3.8) is 0 Å². The number of aryl methyl sites for hydroxylation is 1. The molecule has 1 fully saturated rings. The number of rotatable bonds is 6. The summed E-state index contributed by atoms with van der Waals surface area (Å²) in [4.78, 5) is 14.3. The van der Waals surface area contributed by atoms with Crippen molar-refractivity contribution in [3.8, 4) is 0 Å². The third-order valence-corrected chi connectivity index (χ3v) is 4.12. The summed E-state index contributed by atoms with van der Waals surface area (Å²) in [6.45, 7) is 6.76. The van der Waals surface area contributed by atoms with Crippen LogP contribution in [0.15, 0.2) is 24.3 Å². The van der Waals surface area contributed by atoms with E-state index in [1.165, 1.54) is 0 Å². The van der Waals surface area contributed by atoms with Crippen molar-refractivity contribution >= 4 is 11.6 Å². The molecule has 0 atom stereocenters. The Balaban J connectivity index is 1.72. The van der Waals surface area contributed by atoms with E-state index in [4.69, 9.17) is 10.5 Å². The highest BCUT2D eigenvalue weighted by molar-refractivity contribution is 5.76. The van der Waals surface area contributed by atoms with Crippen LogP contribution in [0, 0.1) is 5.92 Å². The molecular weight excluding hydrogens is 276 g/mol. The van der Waals surface area contributed by atoms with Gasteiger partial charge in [-0.15, -0.1) is 0 Å². The van der Waals surface area contributed by atoms with Gasteiger partial charge in [-0.2, -0.15) is 0 Å². The fourth-order valence-electron chi connectivity index (χ4n) is 2.76. The fraction of sp³-hybridized carbons (Fsp3) is 0.611. The number of likely N-dealkylation sites (tertiary alicyclic amines) is 1. The van der Waals surface area contributed by atoms with E-state index in [0.717, 1.165) is 50.2 Å². The fourth-order valence-corrected chi connectivity index (χ4v) is 2.76. The number of piperidine rings is 1. The average molecular weight is 304 g/mol. The van der Waals surface area contributed by atoms with Crippen molar-refractivity contribution in [2.75, 3.05) is 25.4 Å². The van der Waals surface area contributed by atoms with Crippen molar-refractivity contribution < 1.29 is 9.53 Å². The minimum absolute atomic E-state index is 0.227. The maximum Gasteiger partial charge on any atom is 0.222 e. The SMILES string of the molecule is CC(C)COC1CCN(C(=O)CCc2ccccc2N)CC1. The van der Waals surface area contributed by atoms with Gasteiger partial charge in [0.25, 0.3) is 0 Å². The molecule has 1 aromatic rings. The van der Waals surface area contributed by atoms with E-state index in [1.54, 1.807) is 0 Å². The quantitative estimate of drug-likeness (QED) is 0.822. The summed E-state index contributed by atoms with van der Waals surface area (Å²) in [6, 6.07) is 7.77. The van der Waals surface area contributed by atoms with Gasteiger partial charge in [-0.25, -0.2) is 0 Å². The number of anilines is 1. The van der Waals surface area contributed by atoms with Crippen LogP contribution < -0.4 is 5.73 Å². The molecule has 1 heterocycles. The minimum Gasteiger partial charge on any atom is -0.399 e. The van der Waals surface area contributed by atoms with E-state index < -0.39 is 0 Å². The average Bonchev–Trinajstić information content (AvgIpc) is 2.52. The van der Waals surface area contributed by atoms with E-state index in [2.05, 4.69) is 13.8 Å². The first-order valence-corrected chi connectivity index (χ1v) is 8.29. The molecule has 1 amide bonds. The van der Waals surface area contributed by atoms with Crippen molar-refractivity contribution in [2.45, 2.75) is 45.6 Å². The van der Waals surface area contributed by atoms with Crippen LogP contribution >= 0.6 is 0 Å². The Morgan fingerprint density at radius 1 is 1.32 bits per heavy atom. The summed E-state index contributed by atoms with van der Waals surface area (Å²) in [5.74, 6) is 0.793. The molecule has 0 aromatic heterocycles. The molecule has 1 saturated heterocycles. The molecule has 1 aliphatic rings. The van der Waals surface area contributed by atoms with Crippen LogP contribution in [-0.4, -0.2) is 36.6 Å². The molecule has 0 aliphatic carbocycles. The molecule has 22 heavy (non-hydrogen) atoms. The van der Waals surface area contributed by atoms with Gasteiger partial charge >= 0.3 is 0 Å². The lowest BCUT2D eigenvalue weighted by Gasteiger charge is -2.32. The van der Waals surface area contributed by atoms with Gasteiger partial charge in [0.15, 0.2) is 0 Å². The lowest BCUT2D eigenvalue weighted by Crippen LogP contribution is -2.41. The van der Waals surface area contributed by atoms with Gasteiger partial charge in [0.1, 0.15) is 0 Å². The first-order chi connectivity index (χ1) is 10.6. The number of nitrogens with two attached hydrogens (primary N) is 1. The smallest absolute Gasteiger partial charge is 0.222 e. The molecule has 4 nitrogen and oxygen atoms in total. The molecule has 0 unspecified atom stereocenters. The van der Waals surface area contributed by atoms with Crippen LogP contribution in [0.3, 0.4) is 0 Å². The first-order valence-electron chi connectivity index (χ1n) is 8.29. The van der Waals surface area contributed by atoms with Crippen molar-refractivity contribution in [3.05, 3.63) is 29.8 Å². The van der Waals surface area contributed by atoms with Gasteiger partial charge in [-0.05, 0) is 36.8 Å². The molecular formula is C18H28N2O2.